The molecule has 0 unspecified atom stereocenters. The van der Waals surface area contributed by atoms with Gasteiger partial charge in [-0.1, -0.05) is 30.8 Å². The Morgan fingerprint density at radius 3 is 2.60 bits per heavy atom. The van der Waals surface area contributed by atoms with E-state index in [0.29, 0.717) is 11.4 Å². The van der Waals surface area contributed by atoms with Crippen molar-refractivity contribution in [3.05, 3.63) is 54.1 Å². The Bertz CT molecular complexity index is 1050. The van der Waals surface area contributed by atoms with Crippen molar-refractivity contribution in [1.29, 1.82) is 0 Å². The average Bonchev–Trinajstić information content (AvgIpc) is 3.01. The van der Waals surface area contributed by atoms with Crippen LogP contribution in [0.1, 0.15) is 10.4 Å². The number of benzene rings is 2. The van der Waals surface area contributed by atoms with E-state index in [0.717, 1.165) is 6.07 Å². The summed E-state index contributed by atoms with van der Waals surface area (Å²) in [6.45, 7) is 0. The van der Waals surface area contributed by atoms with Gasteiger partial charge in [-0.2, -0.15) is 8.42 Å². The zero-order valence-electron chi connectivity index (χ0n) is 12.4. The van der Waals surface area contributed by atoms with E-state index in [4.69, 9.17) is 0 Å². The fraction of sp³-hybridized carbons (Fsp3) is 0. The number of tetrazole rings is 1. The molecule has 0 saturated carbocycles. The highest BCUT2D eigenvalue weighted by Crippen LogP contribution is 2.19. The molecular formula is C14H11N5O4S2. The van der Waals surface area contributed by atoms with Crippen LogP contribution >= 0.6 is 12.6 Å². The number of amides is 1. The number of anilines is 1. The molecule has 2 aromatic carbocycles. The number of nitrogens with one attached hydrogen (secondary N) is 1. The highest BCUT2D eigenvalue weighted by Gasteiger charge is 2.20. The second-order valence-corrected chi connectivity index (χ2v) is 6.64. The molecule has 1 heterocycles. The zero-order chi connectivity index (χ0) is 18.0. The lowest BCUT2D eigenvalue weighted by Gasteiger charge is -2.09. The Kier molecular flexibility index (Phi) is 4.53. The third-order valence-corrected chi connectivity index (χ3v) is 4.24. The highest BCUT2D eigenvalue weighted by molar-refractivity contribution is 7.86. The molecule has 0 aliphatic rings. The normalized spacial score (nSPS) is 11.3. The first-order valence-corrected chi connectivity index (χ1v) is 8.70. The molecule has 0 radical (unpaired) electrons. The molecule has 11 heteroatoms. The molecule has 0 fully saturated rings. The first-order valence-electron chi connectivity index (χ1n) is 6.82. The second kappa shape index (κ2) is 6.63. The molecule has 128 valence electrons. The van der Waals surface area contributed by atoms with Crippen LogP contribution in [0.4, 0.5) is 5.69 Å². The van der Waals surface area contributed by atoms with E-state index < -0.39 is 20.9 Å². The third-order valence-electron chi connectivity index (χ3n) is 3.15. The number of aromatic nitrogens is 4. The minimum absolute atomic E-state index is 0.174. The molecular weight excluding hydrogens is 366 g/mol. The summed E-state index contributed by atoms with van der Waals surface area (Å²) < 4.78 is 32.0. The number of nitrogens with zero attached hydrogens (tertiary/aromatic N) is 4. The van der Waals surface area contributed by atoms with Crippen LogP contribution in [0, 0.1) is 0 Å². The lowest BCUT2D eigenvalue weighted by Crippen LogP contribution is -2.16. The standard InChI is InChI=1S/C14H11N5O4S2/c20-13(11-6-1-2-7-12(11)25(21,22)23)15-9-4-3-5-10(8-9)19-17-14(24)16-18-19/h1-8H,(H,15,20)(H,17,24)(H,21,22,23). The van der Waals surface area contributed by atoms with Crippen molar-refractivity contribution >= 4 is 34.3 Å². The van der Waals surface area contributed by atoms with Crippen LogP contribution in [-0.2, 0) is 10.1 Å². The summed E-state index contributed by atoms with van der Waals surface area (Å²) in [5.41, 5.74) is 0.728. The summed E-state index contributed by atoms with van der Waals surface area (Å²) in [4.78, 5) is 13.1. The van der Waals surface area contributed by atoms with Crippen LogP contribution < -0.4 is 5.32 Å². The van der Waals surface area contributed by atoms with E-state index in [1.165, 1.54) is 23.0 Å². The number of thiol groups is 1. The monoisotopic (exact) mass is 377 g/mol. The van der Waals surface area contributed by atoms with Crippen LogP contribution in [0.25, 0.3) is 5.69 Å². The Morgan fingerprint density at radius 1 is 1.16 bits per heavy atom. The van der Waals surface area contributed by atoms with Crippen LogP contribution in [0.5, 0.6) is 0 Å². The maximum Gasteiger partial charge on any atom is 0.295 e. The van der Waals surface area contributed by atoms with Crippen molar-refractivity contribution in [2.24, 2.45) is 0 Å². The summed E-state index contributed by atoms with van der Waals surface area (Å²) in [5, 5.41) is 14.1. The molecule has 0 atom stereocenters. The van der Waals surface area contributed by atoms with E-state index in [1.54, 1.807) is 24.3 Å². The summed E-state index contributed by atoms with van der Waals surface area (Å²) in [5.74, 6) is -0.688. The van der Waals surface area contributed by atoms with Crippen molar-refractivity contribution in [3.8, 4) is 5.69 Å². The van der Waals surface area contributed by atoms with Gasteiger partial charge in [-0.05, 0) is 35.5 Å². The van der Waals surface area contributed by atoms with Crippen molar-refractivity contribution < 1.29 is 17.8 Å². The average molecular weight is 377 g/mol. The predicted octanol–water partition coefficient (Wildman–Crippen LogP) is 1.45. The molecule has 25 heavy (non-hydrogen) atoms. The van der Waals surface area contributed by atoms with Gasteiger partial charge in [0, 0.05) is 5.69 Å². The molecule has 1 aromatic heterocycles. The Hall–Kier alpha value is -2.76. The molecule has 3 rings (SSSR count). The summed E-state index contributed by atoms with van der Waals surface area (Å²) in [6.07, 6.45) is 0. The molecule has 1 amide bonds. The number of carbonyl (C=O) groups is 1. The molecule has 0 bridgehead atoms. The van der Waals surface area contributed by atoms with Gasteiger partial charge in [0.2, 0.25) is 5.16 Å². The fourth-order valence-corrected chi connectivity index (χ4v) is 2.92. The highest BCUT2D eigenvalue weighted by atomic mass is 32.2. The van der Waals surface area contributed by atoms with Gasteiger partial charge in [0.1, 0.15) is 4.90 Å². The van der Waals surface area contributed by atoms with Crippen LogP contribution in [0.3, 0.4) is 0 Å². The van der Waals surface area contributed by atoms with Gasteiger partial charge in [-0.25, -0.2) is 0 Å². The Labute approximate surface area is 147 Å². The molecule has 9 nitrogen and oxygen atoms in total. The minimum Gasteiger partial charge on any atom is -0.322 e. The number of hydrogen-bond donors (Lipinski definition) is 3. The molecule has 0 spiro atoms. The van der Waals surface area contributed by atoms with Crippen LogP contribution in [0.15, 0.2) is 58.6 Å². The van der Waals surface area contributed by atoms with E-state index in [-0.39, 0.29) is 10.7 Å². The molecule has 0 aliphatic carbocycles. The lowest BCUT2D eigenvalue weighted by atomic mass is 10.2. The summed E-state index contributed by atoms with van der Waals surface area (Å²) in [7, 11) is -4.52. The predicted molar refractivity (Wildman–Crippen MR) is 90.6 cm³/mol. The van der Waals surface area contributed by atoms with E-state index in [1.807, 2.05) is 0 Å². The molecule has 2 N–H and O–H groups in total. The van der Waals surface area contributed by atoms with Crippen molar-refractivity contribution in [2.75, 3.05) is 5.32 Å². The fourth-order valence-electron chi connectivity index (χ4n) is 2.10. The molecule has 0 aliphatic heterocycles. The van der Waals surface area contributed by atoms with Gasteiger partial charge < -0.3 is 5.32 Å². The number of hydrogen-bond acceptors (Lipinski definition) is 7. The number of carbonyl (C=O) groups excluding carboxylic acids is 1. The van der Waals surface area contributed by atoms with Gasteiger partial charge >= 0.3 is 0 Å². The van der Waals surface area contributed by atoms with Gasteiger partial charge in [0.05, 0.1) is 11.3 Å². The van der Waals surface area contributed by atoms with Gasteiger partial charge in [0.25, 0.3) is 16.0 Å². The molecule has 3 aromatic rings. The largest absolute Gasteiger partial charge is 0.322 e. The first-order chi connectivity index (χ1) is 11.8. The SMILES string of the molecule is O=C(Nc1cccc(-n2nnc(S)n2)c1)c1ccccc1S(=O)(=O)O. The number of rotatable bonds is 4. The molecule has 0 saturated heterocycles. The van der Waals surface area contributed by atoms with Crippen molar-refractivity contribution in [1.82, 2.24) is 20.2 Å². The quantitative estimate of drug-likeness (QED) is 0.464. The van der Waals surface area contributed by atoms with Crippen molar-refractivity contribution in [2.45, 2.75) is 10.1 Å². The third kappa shape index (κ3) is 3.84. The van der Waals surface area contributed by atoms with Crippen LogP contribution in [0.2, 0.25) is 0 Å². The maximum atomic E-state index is 12.4. The zero-order valence-corrected chi connectivity index (χ0v) is 14.1. The Morgan fingerprint density at radius 2 is 1.92 bits per heavy atom. The summed E-state index contributed by atoms with van der Waals surface area (Å²) >= 11 is 3.97. The maximum absolute atomic E-state index is 12.4. The van der Waals surface area contributed by atoms with E-state index in [9.17, 15) is 17.8 Å². The van der Waals surface area contributed by atoms with E-state index in [2.05, 4.69) is 33.4 Å². The van der Waals surface area contributed by atoms with Crippen molar-refractivity contribution in [3.63, 3.8) is 0 Å². The lowest BCUT2D eigenvalue weighted by molar-refractivity contribution is 0.102. The smallest absolute Gasteiger partial charge is 0.295 e. The first kappa shape index (κ1) is 17.1. The van der Waals surface area contributed by atoms with Gasteiger partial charge in [0.15, 0.2) is 0 Å². The van der Waals surface area contributed by atoms with Gasteiger partial charge in [-0.3, -0.25) is 9.35 Å². The van der Waals surface area contributed by atoms with Gasteiger partial charge in [-0.15, -0.1) is 15.0 Å². The Balaban J connectivity index is 1.90. The minimum atomic E-state index is -4.52. The summed E-state index contributed by atoms with van der Waals surface area (Å²) in [6, 6.07) is 11.9. The van der Waals surface area contributed by atoms with E-state index >= 15 is 0 Å². The van der Waals surface area contributed by atoms with Crippen LogP contribution in [-0.4, -0.2) is 39.1 Å². The topological polar surface area (TPSA) is 127 Å². The second-order valence-electron chi connectivity index (χ2n) is 4.85.